The van der Waals surface area contributed by atoms with Gasteiger partial charge in [-0.3, -0.25) is 9.59 Å². The lowest BCUT2D eigenvalue weighted by Crippen LogP contribution is -2.44. The molecule has 0 aliphatic carbocycles. The van der Waals surface area contributed by atoms with Gasteiger partial charge in [0.05, 0.1) is 5.56 Å². The maximum absolute atomic E-state index is 12.7. The van der Waals surface area contributed by atoms with Crippen LogP contribution < -0.4 is 24.3 Å². The Morgan fingerprint density at radius 1 is 1.00 bits per heavy atom. The fraction of sp³-hybridized carbons (Fsp3) is 0.148. The first-order valence-electron chi connectivity index (χ1n) is 11.1. The number of ether oxygens (including phenoxy) is 4. The van der Waals surface area contributed by atoms with Crippen molar-refractivity contribution in [3.05, 3.63) is 89.2 Å². The van der Waals surface area contributed by atoms with Gasteiger partial charge in [0.25, 0.3) is 5.91 Å². The van der Waals surface area contributed by atoms with Gasteiger partial charge in [-0.2, -0.15) is 0 Å². The van der Waals surface area contributed by atoms with Crippen molar-refractivity contribution in [1.82, 2.24) is 5.32 Å². The third-order valence-corrected chi connectivity index (χ3v) is 5.62. The molecule has 5 rings (SSSR count). The molecule has 9 heteroatoms. The van der Waals surface area contributed by atoms with Crippen LogP contribution in [0.5, 0.6) is 23.0 Å². The van der Waals surface area contributed by atoms with E-state index in [0.717, 1.165) is 5.56 Å². The summed E-state index contributed by atoms with van der Waals surface area (Å²) in [6.07, 6.45) is 1.76. The van der Waals surface area contributed by atoms with Gasteiger partial charge in [0, 0.05) is 12.5 Å². The molecule has 0 fully saturated rings. The molecule has 0 unspecified atom stereocenters. The molecule has 1 atom stereocenters. The van der Waals surface area contributed by atoms with Gasteiger partial charge in [-0.1, -0.05) is 36.4 Å². The SMILES string of the molecule is O=C(COc1ccc2c(c1)O/C(=C\c1ccc3c(c1)OCO3)C2=O)N[C@@H](Cc1ccccc1)C(=O)O. The molecule has 0 radical (unpaired) electrons. The van der Waals surface area contributed by atoms with E-state index in [9.17, 15) is 19.5 Å². The van der Waals surface area contributed by atoms with Crippen LogP contribution in [-0.2, 0) is 16.0 Å². The number of Topliss-reactive ketones (excluding diaryl/α,β-unsaturated/α-hetero) is 1. The highest BCUT2D eigenvalue weighted by atomic mass is 16.7. The zero-order chi connectivity index (χ0) is 25.1. The molecular weight excluding hydrogens is 466 g/mol. The molecule has 182 valence electrons. The Morgan fingerprint density at radius 2 is 1.81 bits per heavy atom. The number of hydrogen-bond donors (Lipinski definition) is 2. The van der Waals surface area contributed by atoms with Crippen LogP contribution in [0.2, 0.25) is 0 Å². The van der Waals surface area contributed by atoms with E-state index in [1.165, 1.54) is 6.07 Å². The van der Waals surface area contributed by atoms with Gasteiger partial charge in [-0.05, 0) is 41.5 Å². The van der Waals surface area contributed by atoms with E-state index >= 15 is 0 Å². The van der Waals surface area contributed by atoms with E-state index < -0.39 is 24.5 Å². The average molecular weight is 487 g/mol. The molecule has 3 aromatic carbocycles. The highest BCUT2D eigenvalue weighted by Gasteiger charge is 2.28. The Kier molecular flexibility index (Phi) is 6.27. The highest BCUT2D eigenvalue weighted by Crippen LogP contribution is 2.37. The number of aliphatic carboxylic acids is 1. The van der Waals surface area contributed by atoms with Crippen LogP contribution in [0.3, 0.4) is 0 Å². The smallest absolute Gasteiger partial charge is 0.326 e. The molecule has 36 heavy (non-hydrogen) atoms. The molecule has 2 aliphatic rings. The minimum atomic E-state index is -1.14. The normalized spacial score (nSPS) is 15.2. The quantitative estimate of drug-likeness (QED) is 0.465. The summed E-state index contributed by atoms with van der Waals surface area (Å²) in [4.78, 5) is 36.6. The maximum Gasteiger partial charge on any atom is 0.326 e. The summed E-state index contributed by atoms with van der Waals surface area (Å²) in [6, 6.07) is 17.8. The van der Waals surface area contributed by atoms with Crippen LogP contribution in [0.25, 0.3) is 6.08 Å². The second-order valence-corrected chi connectivity index (χ2v) is 8.15. The molecule has 3 aromatic rings. The van der Waals surface area contributed by atoms with E-state index in [4.69, 9.17) is 18.9 Å². The fourth-order valence-electron chi connectivity index (χ4n) is 3.85. The Balaban J connectivity index is 1.21. The van der Waals surface area contributed by atoms with Gasteiger partial charge < -0.3 is 29.4 Å². The number of carboxylic acid groups (broad SMARTS) is 1. The minimum Gasteiger partial charge on any atom is -0.484 e. The first kappa shape index (κ1) is 23.0. The van der Waals surface area contributed by atoms with Crippen molar-refractivity contribution in [3.8, 4) is 23.0 Å². The van der Waals surface area contributed by atoms with E-state index in [1.54, 1.807) is 60.7 Å². The monoisotopic (exact) mass is 487 g/mol. The molecule has 0 saturated carbocycles. The second-order valence-electron chi connectivity index (χ2n) is 8.15. The summed E-state index contributed by atoms with van der Waals surface area (Å²) >= 11 is 0. The Morgan fingerprint density at radius 3 is 2.61 bits per heavy atom. The van der Waals surface area contributed by atoms with Gasteiger partial charge in [-0.15, -0.1) is 0 Å². The zero-order valence-corrected chi connectivity index (χ0v) is 18.9. The molecule has 2 heterocycles. The van der Waals surface area contributed by atoms with Gasteiger partial charge >= 0.3 is 5.97 Å². The van der Waals surface area contributed by atoms with Crippen molar-refractivity contribution in [1.29, 1.82) is 0 Å². The first-order chi connectivity index (χ1) is 17.5. The number of benzene rings is 3. The maximum atomic E-state index is 12.7. The number of nitrogens with one attached hydrogen (secondary N) is 1. The summed E-state index contributed by atoms with van der Waals surface area (Å²) in [6.45, 7) is -0.244. The summed E-state index contributed by atoms with van der Waals surface area (Å²) in [5.74, 6) is -0.0259. The number of ketones is 1. The van der Waals surface area contributed by atoms with Crippen LogP contribution in [0, 0.1) is 0 Å². The van der Waals surface area contributed by atoms with Crippen molar-refractivity contribution in [2.24, 2.45) is 0 Å². The zero-order valence-electron chi connectivity index (χ0n) is 18.9. The largest absolute Gasteiger partial charge is 0.484 e. The van der Waals surface area contributed by atoms with Gasteiger partial charge in [0.2, 0.25) is 12.6 Å². The molecule has 2 N–H and O–H groups in total. The number of carbonyl (C=O) groups excluding carboxylic acids is 2. The number of carboxylic acids is 1. The van der Waals surface area contributed by atoms with Crippen LogP contribution >= 0.6 is 0 Å². The predicted molar refractivity (Wildman–Crippen MR) is 127 cm³/mol. The molecule has 2 aliphatic heterocycles. The van der Waals surface area contributed by atoms with Crippen molar-refractivity contribution in [2.45, 2.75) is 12.5 Å². The lowest BCUT2D eigenvalue weighted by Gasteiger charge is -2.15. The van der Waals surface area contributed by atoms with Crippen molar-refractivity contribution < 1.29 is 38.4 Å². The highest BCUT2D eigenvalue weighted by molar-refractivity contribution is 6.14. The Bertz CT molecular complexity index is 1370. The number of allylic oxidation sites excluding steroid dienone is 1. The van der Waals surface area contributed by atoms with Crippen molar-refractivity contribution >= 4 is 23.7 Å². The first-order valence-corrected chi connectivity index (χ1v) is 11.1. The Labute approximate surface area is 205 Å². The molecule has 0 spiro atoms. The molecular formula is C27H21NO8. The number of amides is 1. The number of rotatable bonds is 8. The van der Waals surface area contributed by atoms with Crippen LogP contribution in [0.4, 0.5) is 0 Å². The van der Waals surface area contributed by atoms with Gasteiger partial charge in [0.1, 0.15) is 17.5 Å². The third kappa shape index (κ3) is 5.00. The van der Waals surface area contributed by atoms with Gasteiger partial charge in [0.15, 0.2) is 23.9 Å². The molecule has 1 amide bonds. The average Bonchev–Trinajstić information content (AvgIpc) is 3.46. The number of carbonyl (C=O) groups is 3. The summed E-state index contributed by atoms with van der Waals surface area (Å²) in [7, 11) is 0. The fourth-order valence-corrected chi connectivity index (χ4v) is 3.85. The van der Waals surface area contributed by atoms with E-state index in [-0.39, 0.29) is 24.8 Å². The number of fused-ring (bicyclic) bond motifs is 2. The Hall–Kier alpha value is -4.79. The van der Waals surface area contributed by atoms with Gasteiger partial charge in [-0.25, -0.2) is 4.79 Å². The molecule has 0 aromatic heterocycles. The predicted octanol–water partition coefficient (Wildman–Crippen LogP) is 3.22. The second kappa shape index (κ2) is 9.83. The lowest BCUT2D eigenvalue weighted by atomic mass is 10.1. The number of hydrogen-bond acceptors (Lipinski definition) is 7. The van der Waals surface area contributed by atoms with E-state index in [2.05, 4.69) is 5.32 Å². The van der Waals surface area contributed by atoms with Crippen molar-refractivity contribution in [3.63, 3.8) is 0 Å². The summed E-state index contributed by atoms with van der Waals surface area (Å²) in [5.41, 5.74) is 1.87. The van der Waals surface area contributed by atoms with Crippen LogP contribution in [0.15, 0.2) is 72.5 Å². The summed E-state index contributed by atoms with van der Waals surface area (Å²) < 4.78 is 21.9. The molecule has 0 saturated heterocycles. The van der Waals surface area contributed by atoms with Crippen LogP contribution in [0.1, 0.15) is 21.5 Å². The van der Waals surface area contributed by atoms with Crippen molar-refractivity contribution in [2.75, 3.05) is 13.4 Å². The molecule has 0 bridgehead atoms. The topological polar surface area (TPSA) is 120 Å². The summed E-state index contributed by atoms with van der Waals surface area (Å²) in [5, 5.41) is 11.9. The lowest BCUT2D eigenvalue weighted by molar-refractivity contribution is -0.142. The molecule has 9 nitrogen and oxygen atoms in total. The van der Waals surface area contributed by atoms with E-state index in [1.807, 2.05) is 6.07 Å². The van der Waals surface area contributed by atoms with E-state index in [0.29, 0.717) is 34.1 Å². The van der Waals surface area contributed by atoms with Crippen LogP contribution in [-0.4, -0.2) is 42.2 Å². The third-order valence-electron chi connectivity index (χ3n) is 5.62. The minimum absolute atomic E-state index is 0.143. The standard InChI is InChI=1S/C27H21NO8/c29-25(28-20(27(31)32)10-16-4-2-1-3-5-16)14-33-18-7-8-19-22(13-18)36-24(26(19)30)12-17-6-9-21-23(11-17)35-15-34-21/h1-9,11-13,20H,10,14-15H2,(H,28,29)(H,31,32)/b24-12-/t20-/m0/s1.